The number of piperidine rings is 1. The Morgan fingerprint density at radius 3 is 2.87 bits per heavy atom. The van der Waals surface area contributed by atoms with Crippen LogP contribution >= 0.6 is 0 Å². The van der Waals surface area contributed by atoms with Gasteiger partial charge in [-0.3, -0.25) is 0 Å². The average molecular weight is 235 g/mol. The minimum absolute atomic E-state index is 0.00488. The van der Waals surface area contributed by atoms with Gasteiger partial charge >= 0.3 is 0 Å². The van der Waals surface area contributed by atoms with E-state index in [2.05, 4.69) is 0 Å². The van der Waals surface area contributed by atoms with E-state index in [4.69, 9.17) is 4.74 Å². The maximum atomic E-state index is 11.7. The summed E-state index contributed by atoms with van der Waals surface area (Å²) in [7, 11) is -1.77. The van der Waals surface area contributed by atoms with E-state index in [9.17, 15) is 13.2 Å². The van der Waals surface area contributed by atoms with Crippen molar-refractivity contribution in [2.45, 2.75) is 12.8 Å². The first-order chi connectivity index (χ1) is 7.10. The van der Waals surface area contributed by atoms with Crippen molar-refractivity contribution in [3.8, 4) is 0 Å². The molecule has 0 aromatic carbocycles. The number of aldehydes is 1. The minimum Gasteiger partial charge on any atom is -0.384 e. The molecular formula is C9H17NO4S. The highest BCUT2D eigenvalue weighted by Crippen LogP contribution is 2.17. The molecule has 6 heteroatoms. The van der Waals surface area contributed by atoms with Crippen molar-refractivity contribution < 1.29 is 17.9 Å². The molecule has 0 aliphatic carbocycles. The second-order valence-corrected chi connectivity index (χ2v) is 5.79. The van der Waals surface area contributed by atoms with Crippen LogP contribution in [0.15, 0.2) is 0 Å². The number of hydrogen-bond acceptors (Lipinski definition) is 4. The number of carbonyl (C=O) groups is 1. The first kappa shape index (κ1) is 12.6. The van der Waals surface area contributed by atoms with Crippen molar-refractivity contribution in [2.24, 2.45) is 5.92 Å². The van der Waals surface area contributed by atoms with Gasteiger partial charge in [0.15, 0.2) is 0 Å². The molecule has 5 nitrogen and oxygen atoms in total. The van der Waals surface area contributed by atoms with E-state index in [-0.39, 0.29) is 18.3 Å². The Kier molecular flexibility index (Phi) is 4.69. The first-order valence-electron chi connectivity index (χ1n) is 5.02. The van der Waals surface area contributed by atoms with Crippen LogP contribution in [0, 0.1) is 5.92 Å². The van der Waals surface area contributed by atoms with Gasteiger partial charge in [-0.15, -0.1) is 0 Å². The lowest BCUT2D eigenvalue weighted by Gasteiger charge is -2.29. The molecule has 88 valence electrons. The third-order valence-electron chi connectivity index (χ3n) is 2.55. The summed E-state index contributed by atoms with van der Waals surface area (Å²) in [5, 5.41) is 0. The molecule has 0 aromatic heterocycles. The van der Waals surface area contributed by atoms with E-state index >= 15 is 0 Å². The fourth-order valence-electron chi connectivity index (χ4n) is 1.66. The van der Waals surface area contributed by atoms with Crippen LogP contribution in [0.1, 0.15) is 12.8 Å². The predicted molar refractivity (Wildman–Crippen MR) is 56.0 cm³/mol. The molecule has 1 aliphatic heterocycles. The monoisotopic (exact) mass is 235 g/mol. The fraction of sp³-hybridized carbons (Fsp3) is 0.889. The molecule has 0 amide bonds. The highest BCUT2D eigenvalue weighted by molar-refractivity contribution is 7.89. The van der Waals surface area contributed by atoms with Crippen LogP contribution in [0.25, 0.3) is 0 Å². The number of nitrogens with zero attached hydrogens (tertiary/aromatic N) is 1. The van der Waals surface area contributed by atoms with Crippen LogP contribution in [0.3, 0.4) is 0 Å². The first-order valence-corrected chi connectivity index (χ1v) is 6.63. The summed E-state index contributed by atoms with van der Waals surface area (Å²) < 4.78 is 29.6. The molecule has 0 saturated carbocycles. The van der Waals surface area contributed by atoms with Crippen LogP contribution in [0.5, 0.6) is 0 Å². The highest BCUT2D eigenvalue weighted by atomic mass is 32.2. The van der Waals surface area contributed by atoms with Gasteiger partial charge in [0.1, 0.15) is 6.29 Å². The summed E-state index contributed by atoms with van der Waals surface area (Å²) in [6.45, 7) is 1.05. The van der Waals surface area contributed by atoms with Crippen molar-refractivity contribution in [3.05, 3.63) is 0 Å². The summed E-state index contributed by atoms with van der Waals surface area (Å²) in [5.41, 5.74) is 0. The molecule has 0 radical (unpaired) electrons. The predicted octanol–water partition coefficient (Wildman–Crippen LogP) is -0.127. The number of sulfonamides is 1. The van der Waals surface area contributed by atoms with E-state index in [0.717, 1.165) is 19.1 Å². The summed E-state index contributed by atoms with van der Waals surface area (Å²) in [4.78, 5) is 10.6. The van der Waals surface area contributed by atoms with Crippen LogP contribution in [0.2, 0.25) is 0 Å². The molecule has 1 atom stereocenters. The van der Waals surface area contributed by atoms with Crippen molar-refractivity contribution in [1.82, 2.24) is 4.31 Å². The normalized spacial score (nSPS) is 23.9. The van der Waals surface area contributed by atoms with Crippen molar-refractivity contribution in [2.75, 3.05) is 32.6 Å². The van der Waals surface area contributed by atoms with Crippen LogP contribution in [-0.4, -0.2) is 51.6 Å². The Morgan fingerprint density at radius 1 is 1.53 bits per heavy atom. The van der Waals surface area contributed by atoms with Crippen molar-refractivity contribution in [1.29, 1.82) is 0 Å². The van der Waals surface area contributed by atoms with Gasteiger partial charge in [-0.1, -0.05) is 0 Å². The Bertz CT molecular complexity index is 301. The zero-order valence-corrected chi connectivity index (χ0v) is 9.70. The van der Waals surface area contributed by atoms with Gasteiger partial charge in [0.25, 0.3) is 0 Å². The number of methoxy groups -OCH3 is 1. The van der Waals surface area contributed by atoms with E-state index in [1.54, 1.807) is 0 Å². The zero-order chi connectivity index (χ0) is 11.3. The second-order valence-electron chi connectivity index (χ2n) is 3.71. The molecule has 1 aliphatic rings. The van der Waals surface area contributed by atoms with Crippen LogP contribution in [0.4, 0.5) is 0 Å². The Labute approximate surface area is 90.4 Å². The molecular weight excluding hydrogens is 218 g/mol. The lowest BCUT2D eigenvalue weighted by Crippen LogP contribution is -2.42. The average Bonchev–Trinajstić information content (AvgIpc) is 2.26. The molecule has 1 heterocycles. The molecule has 0 aromatic rings. The molecule has 0 spiro atoms. The molecule has 1 fully saturated rings. The maximum absolute atomic E-state index is 11.7. The fourth-order valence-corrected chi connectivity index (χ4v) is 3.12. The molecule has 1 rings (SSSR count). The minimum atomic E-state index is -3.24. The Morgan fingerprint density at radius 2 is 2.27 bits per heavy atom. The van der Waals surface area contributed by atoms with Crippen LogP contribution in [-0.2, 0) is 19.6 Å². The summed E-state index contributed by atoms with van der Waals surface area (Å²) in [6, 6.07) is 0. The molecule has 1 unspecified atom stereocenters. The smallest absolute Gasteiger partial charge is 0.216 e. The number of ether oxygens (including phenoxy) is 1. The Hall–Kier alpha value is -0.460. The van der Waals surface area contributed by atoms with Gasteiger partial charge in [-0.2, -0.15) is 0 Å². The SMILES string of the molecule is COCCS(=O)(=O)N1CCCC(C=O)C1. The highest BCUT2D eigenvalue weighted by Gasteiger charge is 2.28. The lowest BCUT2D eigenvalue weighted by molar-refractivity contribution is -0.112. The van der Waals surface area contributed by atoms with E-state index in [0.29, 0.717) is 13.1 Å². The lowest BCUT2D eigenvalue weighted by atomic mass is 10.0. The molecule has 15 heavy (non-hydrogen) atoms. The number of carbonyl (C=O) groups excluding carboxylic acids is 1. The van der Waals surface area contributed by atoms with E-state index < -0.39 is 10.0 Å². The number of rotatable bonds is 5. The largest absolute Gasteiger partial charge is 0.384 e. The van der Waals surface area contributed by atoms with Crippen molar-refractivity contribution >= 4 is 16.3 Å². The number of hydrogen-bond donors (Lipinski definition) is 0. The summed E-state index contributed by atoms with van der Waals surface area (Å²) in [6.07, 6.45) is 2.40. The topological polar surface area (TPSA) is 63.7 Å². The zero-order valence-electron chi connectivity index (χ0n) is 8.89. The quantitative estimate of drug-likeness (QED) is 0.623. The standard InChI is InChI=1S/C9H17NO4S/c1-14-5-6-15(12,13)10-4-2-3-9(7-10)8-11/h8-9H,2-7H2,1H3. The molecule has 0 N–H and O–H groups in total. The van der Waals surface area contributed by atoms with E-state index in [1.165, 1.54) is 11.4 Å². The van der Waals surface area contributed by atoms with Gasteiger partial charge in [-0.05, 0) is 12.8 Å². The molecule has 0 bridgehead atoms. The van der Waals surface area contributed by atoms with Crippen LogP contribution < -0.4 is 0 Å². The van der Waals surface area contributed by atoms with Gasteiger partial charge in [0.2, 0.25) is 10.0 Å². The Balaban J connectivity index is 2.58. The second kappa shape index (κ2) is 5.58. The van der Waals surface area contributed by atoms with Gasteiger partial charge in [0, 0.05) is 26.1 Å². The third kappa shape index (κ3) is 3.55. The molecule has 1 saturated heterocycles. The van der Waals surface area contributed by atoms with Crippen molar-refractivity contribution in [3.63, 3.8) is 0 Å². The summed E-state index contributed by atoms with van der Waals surface area (Å²) in [5.74, 6) is -0.147. The third-order valence-corrected chi connectivity index (χ3v) is 4.35. The van der Waals surface area contributed by atoms with Gasteiger partial charge in [-0.25, -0.2) is 12.7 Å². The van der Waals surface area contributed by atoms with E-state index in [1.807, 2.05) is 0 Å². The maximum Gasteiger partial charge on any atom is 0.216 e. The van der Waals surface area contributed by atoms with Gasteiger partial charge in [0.05, 0.1) is 12.4 Å². The summed E-state index contributed by atoms with van der Waals surface area (Å²) >= 11 is 0. The van der Waals surface area contributed by atoms with Gasteiger partial charge < -0.3 is 9.53 Å².